The van der Waals surface area contributed by atoms with E-state index < -0.39 is 34.4 Å². The van der Waals surface area contributed by atoms with Gasteiger partial charge >= 0.3 is 5.97 Å². The molecule has 2 rings (SSSR count). The topological polar surface area (TPSA) is 136 Å². The van der Waals surface area contributed by atoms with Crippen LogP contribution in [0.5, 0.6) is 0 Å². The molecule has 1 aromatic carbocycles. The number of sulfonamides is 1. The molecule has 1 heterocycles. The number of anilines is 1. The molecule has 0 fully saturated rings. The van der Waals surface area contributed by atoms with Crippen molar-refractivity contribution in [1.29, 1.82) is 0 Å². The van der Waals surface area contributed by atoms with Gasteiger partial charge in [-0.2, -0.15) is 0 Å². The van der Waals surface area contributed by atoms with Crippen molar-refractivity contribution in [2.75, 3.05) is 26.0 Å². The molecular formula is C17H19N3O6S2. The number of aryl methyl sites for hydroxylation is 1. The van der Waals surface area contributed by atoms with Gasteiger partial charge in [0, 0.05) is 14.1 Å². The van der Waals surface area contributed by atoms with Gasteiger partial charge in [0.25, 0.3) is 11.8 Å². The van der Waals surface area contributed by atoms with Crippen LogP contribution in [-0.2, 0) is 19.6 Å². The van der Waals surface area contributed by atoms with Crippen LogP contribution < -0.4 is 11.1 Å². The lowest BCUT2D eigenvalue weighted by molar-refractivity contribution is -0.119. The zero-order valence-electron chi connectivity index (χ0n) is 15.4. The fourth-order valence-corrected chi connectivity index (χ4v) is 3.90. The minimum Gasteiger partial charge on any atom is -0.452 e. The molecular weight excluding hydrogens is 406 g/mol. The first kappa shape index (κ1) is 21.5. The molecule has 0 radical (unpaired) electrons. The molecule has 0 atom stereocenters. The predicted molar refractivity (Wildman–Crippen MR) is 104 cm³/mol. The number of nitrogens with one attached hydrogen (secondary N) is 1. The third-order valence-corrected chi connectivity index (χ3v) is 6.37. The van der Waals surface area contributed by atoms with Crippen molar-refractivity contribution in [2.45, 2.75) is 11.8 Å². The molecule has 0 aliphatic carbocycles. The zero-order valence-corrected chi connectivity index (χ0v) is 17.0. The first-order valence-electron chi connectivity index (χ1n) is 7.91. The van der Waals surface area contributed by atoms with Gasteiger partial charge in [-0.25, -0.2) is 17.5 Å². The van der Waals surface area contributed by atoms with Gasteiger partial charge in [-0.15, -0.1) is 11.3 Å². The summed E-state index contributed by atoms with van der Waals surface area (Å²) in [5.74, 6) is -2.19. The molecule has 0 bridgehead atoms. The Balaban J connectivity index is 2.10. The molecule has 3 N–H and O–H groups in total. The van der Waals surface area contributed by atoms with E-state index in [1.165, 1.54) is 38.4 Å². The molecule has 11 heteroatoms. The summed E-state index contributed by atoms with van der Waals surface area (Å²) in [4.78, 5) is 35.5. The molecule has 0 saturated heterocycles. The Hall–Kier alpha value is -2.76. The summed E-state index contributed by atoms with van der Waals surface area (Å²) in [5.41, 5.74) is 5.88. The van der Waals surface area contributed by atoms with Gasteiger partial charge in [-0.05, 0) is 36.1 Å². The van der Waals surface area contributed by atoms with Gasteiger partial charge in [-0.3, -0.25) is 9.59 Å². The average Bonchev–Trinajstić information content (AvgIpc) is 3.08. The highest BCUT2D eigenvalue weighted by molar-refractivity contribution is 7.89. The van der Waals surface area contributed by atoms with E-state index in [-0.39, 0.29) is 21.0 Å². The third-order valence-electron chi connectivity index (χ3n) is 3.73. The van der Waals surface area contributed by atoms with E-state index in [1.807, 2.05) is 0 Å². The Morgan fingerprint density at radius 2 is 1.86 bits per heavy atom. The maximum atomic E-state index is 12.3. The second kappa shape index (κ2) is 8.50. The molecule has 1 aromatic heterocycles. The Morgan fingerprint density at radius 1 is 1.18 bits per heavy atom. The Kier molecular flexibility index (Phi) is 6.54. The molecule has 28 heavy (non-hydrogen) atoms. The number of nitrogens with zero attached hydrogens (tertiary/aromatic N) is 1. The van der Waals surface area contributed by atoms with Gasteiger partial charge in [0.15, 0.2) is 6.61 Å². The highest BCUT2D eigenvalue weighted by Gasteiger charge is 2.21. The van der Waals surface area contributed by atoms with E-state index in [4.69, 9.17) is 10.5 Å². The van der Waals surface area contributed by atoms with Gasteiger partial charge < -0.3 is 15.8 Å². The van der Waals surface area contributed by atoms with Crippen molar-refractivity contribution < 1.29 is 27.5 Å². The molecule has 0 aliphatic rings. The third kappa shape index (κ3) is 4.74. The SMILES string of the molecule is Cc1ccc(S(=O)(=O)N(C)C)cc1C(=O)OCC(=O)Nc1sccc1C(N)=O. The van der Waals surface area contributed by atoms with E-state index in [1.54, 1.807) is 12.3 Å². The van der Waals surface area contributed by atoms with Crippen molar-refractivity contribution in [2.24, 2.45) is 5.73 Å². The monoisotopic (exact) mass is 425 g/mol. The summed E-state index contributed by atoms with van der Waals surface area (Å²) in [6, 6.07) is 5.54. The molecule has 2 amide bonds. The molecule has 0 saturated carbocycles. The first-order chi connectivity index (χ1) is 13.0. The molecule has 150 valence electrons. The number of amides is 2. The quantitative estimate of drug-likeness (QED) is 0.640. The van der Waals surface area contributed by atoms with Crippen LogP contribution in [0.3, 0.4) is 0 Å². The Morgan fingerprint density at radius 3 is 2.46 bits per heavy atom. The Bertz CT molecular complexity index is 1030. The maximum Gasteiger partial charge on any atom is 0.338 e. The molecule has 2 aromatic rings. The highest BCUT2D eigenvalue weighted by Crippen LogP contribution is 2.23. The van der Waals surface area contributed by atoms with E-state index in [0.717, 1.165) is 15.6 Å². The highest BCUT2D eigenvalue weighted by atomic mass is 32.2. The summed E-state index contributed by atoms with van der Waals surface area (Å²) < 4.78 is 30.4. The molecule has 0 aliphatic heterocycles. The fraction of sp³-hybridized carbons (Fsp3) is 0.235. The molecule has 0 unspecified atom stereocenters. The van der Waals surface area contributed by atoms with Crippen LogP contribution in [0.15, 0.2) is 34.5 Å². The number of rotatable bonds is 7. The number of benzene rings is 1. The number of thiophene rings is 1. The number of hydrogen-bond acceptors (Lipinski definition) is 7. The minimum absolute atomic E-state index is 0.0321. The average molecular weight is 425 g/mol. The van der Waals surface area contributed by atoms with Crippen molar-refractivity contribution >= 4 is 44.1 Å². The van der Waals surface area contributed by atoms with E-state index >= 15 is 0 Å². The van der Waals surface area contributed by atoms with E-state index in [9.17, 15) is 22.8 Å². The number of hydrogen-bond donors (Lipinski definition) is 2. The zero-order chi connectivity index (χ0) is 21.1. The normalized spacial score (nSPS) is 11.3. The van der Waals surface area contributed by atoms with Gasteiger partial charge in [0.05, 0.1) is 16.0 Å². The van der Waals surface area contributed by atoms with Crippen molar-refractivity contribution in [3.05, 3.63) is 46.3 Å². The van der Waals surface area contributed by atoms with Gasteiger partial charge in [0.1, 0.15) is 5.00 Å². The summed E-state index contributed by atoms with van der Waals surface area (Å²) in [7, 11) is -0.969. The second-order valence-electron chi connectivity index (χ2n) is 5.92. The summed E-state index contributed by atoms with van der Waals surface area (Å²) in [5, 5.41) is 4.28. The van der Waals surface area contributed by atoms with Crippen LogP contribution >= 0.6 is 11.3 Å². The van der Waals surface area contributed by atoms with Gasteiger partial charge in [-0.1, -0.05) is 6.07 Å². The lowest BCUT2D eigenvalue weighted by Gasteiger charge is -2.13. The number of esters is 1. The standard InChI is InChI=1S/C17H19N3O6S2/c1-10-4-5-11(28(24,25)20(2)3)8-13(10)17(23)26-9-14(21)19-16-12(15(18)22)6-7-27-16/h4-8H,9H2,1-3H3,(H2,18,22)(H,19,21). The number of ether oxygens (including phenoxy) is 1. The molecule has 9 nitrogen and oxygen atoms in total. The van der Waals surface area contributed by atoms with E-state index in [0.29, 0.717) is 5.56 Å². The summed E-state index contributed by atoms with van der Waals surface area (Å²) in [6.07, 6.45) is 0. The van der Waals surface area contributed by atoms with Crippen LogP contribution in [-0.4, -0.2) is 51.2 Å². The first-order valence-corrected chi connectivity index (χ1v) is 10.2. The minimum atomic E-state index is -3.72. The fourth-order valence-electron chi connectivity index (χ4n) is 2.16. The Labute approximate surface area is 166 Å². The maximum absolute atomic E-state index is 12.3. The van der Waals surface area contributed by atoms with Gasteiger partial charge in [0.2, 0.25) is 10.0 Å². The summed E-state index contributed by atoms with van der Waals surface area (Å²) in [6.45, 7) is 1.01. The van der Waals surface area contributed by atoms with E-state index in [2.05, 4.69) is 5.32 Å². The van der Waals surface area contributed by atoms with Crippen LogP contribution in [0.25, 0.3) is 0 Å². The number of carbonyl (C=O) groups is 3. The smallest absolute Gasteiger partial charge is 0.338 e. The summed E-state index contributed by atoms with van der Waals surface area (Å²) >= 11 is 1.10. The van der Waals surface area contributed by atoms with Crippen molar-refractivity contribution in [3.8, 4) is 0 Å². The lowest BCUT2D eigenvalue weighted by atomic mass is 10.1. The van der Waals surface area contributed by atoms with Crippen LogP contribution in [0.4, 0.5) is 5.00 Å². The van der Waals surface area contributed by atoms with Crippen LogP contribution in [0.1, 0.15) is 26.3 Å². The largest absolute Gasteiger partial charge is 0.452 e. The number of nitrogens with two attached hydrogens (primary N) is 1. The molecule has 0 spiro atoms. The van der Waals surface area contributed by atoms with Crippen LogP contribution in [0, 0.1) is 6.92 Å². The number of carbonyl (C=O) groups excluding carboxylic acids is 3. The van der Waals surface area contributed by atoms with Crippen molar-refractivity contribution in [1.82, 2.24) is 4.31 Å². The van der Waals surface area contributed by atoms with Crippen molar-refractivity contribution in [3.63, 3.8) is 0 Å². The number of primary amides is 1. The second-order valence-corrected chi connectivity index (χ2v) is 8.98. The van der Waals surface area contributed by atoms with Crippen LogP contribution in [0.2, 0.25) is 0 Å². The lowest BCUT2D eigenvalue weighted by Crippen LogP contribution is -2.24. The predicted octanol–water partition coefficient (Wildman–Crippen LogP) is 1.20.